The standard InChI is InChI=1S/C40H56N4O3Si/c1-30-13-12-27-44(30)32-22-28-43(29-32)37-19-18-36(31(2)42-37)41-26-25-40(38(45)46)23-20-33(21-24-40)47-48(39(3,4)5,34-14-8-6-9-15-34)35-16-10-7-11-17-35/h6-11,14-19,30,32-33,41H,12-13,20-29H2,1-5H3,(H,45,46)/t30-,32+,33?,40?/m0/s1. The second-order valence-corrected chi connectivity index (χ2v) is 19.9. The molecule has 0 spiro atoms. The van der Waals surface area contributed by atoms with E-state index in [1.54, 1.807) is 0 Å². The minimum absolute atomic E-state index is 0.0228. The fraction of sp³-hybridized carbons (Fsp3) is 0.550. The number of nitrogens with zero attached hydrogens (tertiary/aromatic N) is 3. The highest BCUT2D eigenvalue weighted by Crippen LogP contribution is 2.44. The van der Waals surface area contributed by atoms with Crippen LogP contribution in [0, 0.1) is 12.3 Å². The molecule has 7 nitrogen and oxygen atoms in total. The van der Waals surface area contributed by atoms with Crippen molar-refractivity contribution in [3.63, 3.8) is 0 Å². The minimum Gasteiger partial charge on any atom is -0.481 e. The normalized spacial score (nSPS) is 25.4. The number of likely N-dealkylation sites (tertiary alicyclic amines) is 1. The molecule has 48 heavy (non-hydrogen) atoms. The molecular formula is C40H56N4O3Si. The van der Waals surface area contributed by atoms with Crippen LogP contribution in [-0.2, 0) is 9.22 Å². The summed E-state index contributed by atoms with van der Waals surface area (Å²) >= 11 is 0. The molecular weight excluding hydrogens is 613 g/mol. The molecule has 3 aliphatic rings. The number of hydrogen-bond acceptors (Lipinski definition) is 6. The van der Waals surface area contributed by atoms with Crippen molar-refractivity contribution < 1.29 is 14.3 Å². The summed E-state index contributed by atoms with van der Waals surface area (Å²) in [5.41, 5.74) is 1.21. The summed E-state index contributed by atoms with van der Waals surface area (Å²) in [6.07, 6.45) is 7.17. The molecule has 1 saturated carbocycles. The topological polar surface area (TPSA) is 77.9 Å². The smallest absolute Gasteiger partial charge is 0.309 e. The van der Waals surface area contributed by atoms with Gasteiger partial charge in [-0.1, -0.05) is 81.4 Å². The van der Waals surface area contributed by atoms with E-state index in [-0.39, 0.29) is 11.1 Å². The van der Waals surface area contributed by atoms with Gasteiger partial charge < -0.3 is 19.7 Å². The lowest BCUT2D eigenvalue weighted by molar-refractivity contribution is -0.152. The van der Waals surface area contributed by atoms with Crippen LogP contribution >= 0.6 is 0 Å². The number of aryl methyl sites for hydroxylation is 1. The quantitative estimate of drug-likeness (QED) is 0.217. The van der Waals surface area contributed by atoms with Crippen molar-refractivity contribution in [1.82, 2.24) is 9.88 Å². The van der Waals surface area contributed by atoms with E-state index < -0.39 is 19.7 Å². The third-order valence-electron chi connectivity index (χ3n) is 11.7. The van der Waals surface area contributed by atoms with Gasteiger partial charge in [0, 0.05) is 37.8 Å². The van der Waals surface area contributed by atoms with Crippen molar-refractivity contribution in [2.45, 2.75) is 109 Å². The van der Waals surface area contributed by atoms with Gasteiger partial charge in [0.2, 0.25) is 0 Å². The molecule has 0 bridgehead atoms. The maximum atomic E-state index is 12.8. The summed E-state index contributed by atoms with van der Waals surface area (Å²) in [4.78, 5) is 22.9. The molecule has 2 N–H and O–H groups in total. The molecule has 0 radical (unpaired) electrons. The Morgan fingerprint density at radius 3 is 2.15 bits per heavy atom. The molecule has 8 heteroatoms. The lowest BCUT2D eigenvalue weighted by Gasteiger charge is -2.47. The zero-order chi connectivity index (χ0) is 33.9. The lowest BCUT2D eigenvalue weighted by atomic mass is 9.71. The van der Waals surface area contributed by atoms with Crippen LogP contribution < -0.4 is 20.6 Å². The fourth-order valence-electron chi connectivity index (χ4n) is 8.84. The van der Waals surface area contributed by atoms with E-state index in [2.05, 4.69) is 123 Å². The second-order valence-electron chi connectivity index (χ2n) is 15.7. The van der Waals surface area contributed by atoms with E-state index >= 15 is 0 Å². The monoisotopic (exact) mass is 668 g/mol. The predicted molar refractivity (Wildman–Crippen MR) is 199 cm³/mol. The van der Waals surface area contributed by atoms with Crippen LogP contribution in [-0.4, -0.2) is 73.6 Å². The first-order valence-corrected chi connectivity index (χ1v) is 20.2. The molecule has 0 unspecified atom stereocenters. The summed E-state index contributed by atoms with van der Waals surface area (Å²) < 4.78 is 7.39. The summed E-state index contributed by atoms with van der Waals surface area (Å²) in [6, 6.07) is 27.0. The number of pyridine rings is 1. The van der Waals surface area contributed by atoms with Crippen molar-refractivity contribution in [2.75, 3.05) is 36.4 Å². The van der Waals surface area contributed by atoms with Crippen molar-refractivity contribution in [2.24, 2.45) is 5.41 Å². The molecule has 3 aromatic rings. The number of carboxylic acids is 1. The molecule has 1 aliphatic carbocycles. The highest BCUT2D eigenvalue weighted by atomic mass is 28.4. The number of hydrogen-bond donors (Lipinski definition) is 2. The molecule has 0 amide bonds. The highest BCUT2D eigenvalue weighted by molar-refractivity contribution is 6.99. The number of carboxylic acid groups (broad SMARTS) is 1. The van der Waals surface area contributed by atoms with E-state index in [1.165, 1.54) is 36.2 Å². The minimum atomic E-state index is -2.69. The Balaban J connectivity index is 1.09. The molecule has 3 fully saturated rings. The van der Waals surface area contributed by atoms with E-state index in [1.807, 2.05) is 0 Å². The summed E-state index contributed by atoms with van der Waals surface area (Å²) in [5, 5.41) is 16.5. The van der Waals surface area contributed by atoms with Crippen LogP contribution in [0.4, 0.5) is 11.5 Å². The summed E-state index contributed by atoms with van der Waals surface area (Å²) in [6.45, 7) is 15.3. The van der Waals surface area contributed by atoms with E-state index in [0.717, 1.165) is 43.1 Å². The van der Waals surface area contributed by atoms with Gasteiger partial charge in [0.1, 0.15) is 5.82 Å². The van der Waals surface area contributed by atoms with Gasteiger partial charge in [-0.3, -0.25) is 9.69 Å². The SMILES string of the molecule is Cc1nc(N2CC[C@@H](N3CCC[C@@H]3C)C2)ccc1NCCC1(C(=O)O)CCC(O[Si](c2ccccc2)(c2ccccc2)C(C)(C)C)CC1. The molecule has 258 valence electrons. The van der Waals surface area contributed by atoms with E-state index in [9.17, 15) is 9.90 Å². The summed E-state index contributed by atoms with van der Waals surface area (Å²) in [5.74, 6) is 0.364. The first-order chi connectivity index (χ1) is 23.0. The maximum Gasteiger partial charge on any atom is 0.309 e. The van der Waals surface area contributed by atoms with Crippen LogP contribution in [0.3, 0.4) is 0 Å². The third kappa shape index (κ3) is 6.94. The molecule has 2 saturated heterocycles. The fourth-order valence-corrected chi connectivity index (χ4v) is 13.6. The van der Waals surface area contributed by atoms with Gasteiger partial charge in [0.25, 0.3) is 8.32 Å². The first-order valence-electron chi connectivity index (χ1n) is 18.3. The molecule has 2 atom stereocenters. The lowest BCUT2D eigenvalue weighted by Crippen LogP contribution is -2.68. The number of rotatable bonds is 11. The van der Waals surface area contributed by atoms with Crippen molar-refractivity contribution in [3.05, 3.63) is 78.5 Å². The van der Waals surface area contributed by atoms with Crippen molar-refractivity contribution in [3.8, 4) is 0 Å². The summed E-state index contributed by atoms with van der Waals surface area (Å²) in [7, 11) is -2.69. The molecule has 1 aromatic heterocycles. The zero-order valence-electron chi connectivity index (χ0n) is 29.8. The predicted octanol–water partition coefficient (Wildman–Crippen LogP) is 6.85. The maximum absolute atomic E-state index is 12.8. The van der Waals surface area contributed by atoms with E-state index in [4.69, 9.17) is 9.41 Å². The molecule has 2 aromatic carbocycles. The average molecular weight is 669 g/mol. The Labute approximate surface area is 289 Å². The van der Waals surface area contributed by atoms with Gasteiger partial charge in [-0.25, -0.2) is 4.98 Å². The Morgan fingerprint density at radius 2 is 1.60 bits per heavy atom. The second kappa shape index (κ2) is 14.3. The van der Waals surface area contributed by atoms with Gasteiger partial charge in [-0.05, 0) is 99.3 Å². The number of aliphatic carboxylic acids is 1. The average Bonchev–Trinajstić information content (AvgIpc) is 3.74. The molecule has 2 aliphatic heterocycles. The van der Waals surface area contributed by atoms with Crippen LogP contribution in [0.1, 0.15) is 84.8 Å². The molecule has 3 heterocycles. The van der Waals surface area contributed by atoms with Gasteiger partial charge in [0.05, 0.1) is 16.8 Å². The Hall–Kier alpha value is -3.20. The van der Waals surface area contributed by atoms with Crippen LogP contribution in [0.25, 0.3) is 0 Å². The van der Waals surface area contributed by atoms with Gasteiger partial charge in [-0.2, -0.15) is 0 Å². The number of benzene rings is 2. The number of carbonyl (C=O) groups is 1. The van der Waals surface area contributed by atoms with E-state index in [0.29, 0.717) is 37.9 Å². The van der Waals surface area contributed by atoms with Crippen molar-refractivity contribution >= 4 is 36.2 Å². The van der Waals surface area contributed by atoms with Crippen LogP contribution in [0.5, 0.6) is 0 Å². The van der Waals surface area contributed by atoms with Crippen LogP contribution in [0.2, 0.25) is 5.04 Å². The zero-order valence-corrected chi connectivity index (χ0v) is 30.8. The third-order valence-corrected chi connectivity index (χ3v) is 16.7. The number of aromatic nitrogens is 1. The number of anilines is 2. The molecule has 6 rings (SSSR count). The van der Waals surface area contributed by atoms with Gasteiger partial charge in [-0.15, -0.1) is 0 Å². The van der Waals surface area contributed by atoms with Gasteiger partial charge >= 0.3 is 5.97 Å². The van der Waals surface area contributed by atoms with Gasteiger partial charge in [0.15, 0.2) is 0 Å². The first kappa shape index (κ1) is 34.7. The highest BCUT2D eigenvalue weighted by Gasteiger charge is 2.52. The van der Waals surface area contributed by atoms with Crippen molar-refractivity contribution in [1.29, 1.82) is 0 Å². The van der Waals surface area contributed by atoms with Crippen LogP contribution in [0.15, 0.2) is 72.8 Å². The Morgan fingerprint density at radius 1 is 0.958 bits per heavy atom. The number of nitrogens with one attached hydrogen (secondary N) is 1. The Kier molecular flexibility index (Phi) is 10.4. The largest absolute Gasteiger partial charge is 0.481 e. The Bertz CT molecular complexity index is 1480.